The molecule has 0 spiro atoms. The Morgan fingerprint density at radius 1 is 1.20 bits per heavy atom. The molecule has 0 atom stereocenters. The van der Waals surface area contributed by atoms with Crippen LogP contribution in [0.4, 0.5) is 16.2 Å². The maximum Gasteiger partial charge on any atom is 0.294 e. The van der Waals surface area contributed by atoms with E-state index in [-0.39, 0.29) is 11.4 Å². The molecule has 4 rings (SSSR count). The molecular weight excluding hydrogens is 534 g/mol. The highest BCUT2D eigenvalue weighted by atomic mass is 79.9. The number of ether oxygens (including phenoxy) is 2. The van der Waals surface area contributed by atoms with Crippen molar-refractivity contribution in [2.75, 3.05) is 49.7 Å². The van der Waals surface area contributed by atoms with Crippen LogP contribution >= 0.6 is 27.7 Å². The van der Waals surface area contributed by atoms with Gasteiger partial charge in [-0.1, -0.05) is 25.1 Å². The first-order chi connectivity index (χ1) is 17.0. The lowest BCUT2D eigenvalue weighted by Crippen LogP contribution is -2.38. The van der Waals surface area contributed by atoms with Crippen LogP contribution < -0.4 is 15.0 Å². The molecule has 0 aromatic heterocycles. The number of hydrogen-bond acceptors (Lipinski definition) is 7. The fourth-order valence-electron chi connectivity index (χ4n) is 3.72. The lowest BCUT2D eigenvalue weighted by Gasteiger charge is -2.30. The van der Waals surface area contributed by atoms with Crippen molar-refractivity contribution in [1.82, 2.24) is 4.90 Å². The average molecular weight is 560 g/mol. The molecule has 2 aromatic rings. The van der Waals surface area contributed by atoms with Crippen molar-refractivity contribution in [2.45, 2.75) is 13.3 Å². The second kappa shape index (κ2) is 11.7. The zero-order valence-corrected chi connectivity index (χ0v) is 21.7. The normalized spacial score (nSPS) is 17.3. The molecule has 0 unspecified atom stereocenters. The fourth-order valence-corrected chi connectivity index (χ4v) is 5.07. The zero-order valence-electron chi connectivity index (χ0n) is 19.3. The number of nitrogens with zero attached hydrogens (tertiary/aromatic N) is 2. The summed E-state index contributed by atoms with van der Waals surface area (Å²) in [7, 11) is 0. The van der Waals surface area contributed by atoms with E-state index in [1.165, 1.54) is 0 Å². The third kappa shape index (κ3) is 6.25. The van der Waals surface area contributed by atoms with E-state index in [4.69, 9.17) is 9.47 Å². The van der Waals surface area contributed by atoms with Crippen LogP contribution in [0.1, 0.15) is 18.9 Å². The molecular formula is C25H26BrN3O5S. The number of carbonyl (C=O) groups excluding carboxylic acids is 3. The molecule has 184 valence electrons. The minimum atomic E-state index is -0.487. The second-order valence-electron chi connectivity index (χ2n) is 7.97. The number of para-hydroxylation sites is 2. The van der Waals surface area contributed by atoms with Crippen LogP contribution in [0.25, 0.3) is 6.08 Å². The van der Waals surface area contributed by atoms with E-state index in [1.807, 2.05) is 49.4 Å². The highest BCUT2D eigenvalue weighted by Crippen LogP contribution is 2.34. The highest BCUT2D eigenvalue weighted by molar-refractivity contribution is 9.10. The van der Waals surface area contributed by atoms with E-state index >= 15 is 0 Å². The van der Waals surface area contributed by atoms with Gasteiger partial charge in [0.2, 0.25) is 5.91 Å². The molecule has 8 nitrogen and oxygen atoms in total. The molecule has 2 aromatic carbocycles. The van der Waals surface area contributed by atoms with E-state index in [0.717, 1.165) is 51.9 Å². The number of rotatable bonds is 8. The first kappa shape index (κ1) is 25.3. The predicted octanol–water partition coefficient (Wildman–Crippen LogP) is 4.75. The molecule has 2 aliphatic heterocycles. The maximum atomic E-state index is 12.9. The number of imide groups is 1. The average Bonchev–Trinajstić information content (AvgIpc) is 3.11. The summed E-state index contributed by atoms with van der Waals surface area (Å²) in [6.45, 7) is 4.97. The van der Waals surface area contributed by atoms with E-state index in [2.05, 4.69) is 26.1 Å². The van der Waals surface area contributed by atoms with Crippen molar-refractivity contribution in [3.05, 3.63) is 57.4 Å². The van der Waals surface area contributed by atoms with Crippen molar-refractivity contribution in [3.63, 3.8) is 0 Å². The Kier molecular flexibility index (Phi) is 8.48. The Morgan fingerprint density at radius 3 is 2.71 bits per heavy atom. The van der Waals surface area contributed by atoms with Crippen LogP contribution in [0.3, 0.4) is 0 Å². The van der Waals surface area contributed by atoms with Crippen LogP contribution in [0.5, 0.6) is 5.75 Å². The first-order valence-corrected chi connectivity index (χ1v) is 13.0. The van der Waals surface area contributed by atoms with Gasteiger partial charge in [0.25, 0.3) is 11.1 Å². The lowest BCUT2D eigenvalue weighted by atomic mass is 10.2. The van der Waals surface area contributed by atoms with Crippen molar-refractivity contribution in [3.8, 4) is 5.75 Å². The summed E-state index contributed by atoms with van der Waals surface area (Å²) in [6, 6.07) is 12.9. The quantitative estimate of drug-likeness (QED) is 0.467. The van der Waals surface area contributed by atoms with E-state index in [0.29, 0.717) is 31.3 Å². The number of thioether (sulfide) groups is 1. The van der Waals surface area contributed by atoms with Crippen molar-refractivity contribution >= 4 is 62.2 Å². The van der Waals surface area contributed by atoms with E-state index in [9.17, 15) is 14.4 Å². The number of halogens is 1. The molecule has 2 fully saturated rings. The van der Waals surface area contributed by atoms with Gasteiger partial charge in [0.1, 0.15) is 12.3 Å². The molecule has 0 saturated carbocycles. The molecule has 0 bridgehead atoms. The number of amides is 3. The molecule has 2 saturated heterocycles. The number of morpholine rings is 1. The molecule has 2 heterocycles. The molecule has 1 N–H and O–H groups in total. The summed E-state index contributed by atoms with van der Waals surface area (Å²) in [5.74, 6) is -0.209. The van der Waals surface area contributed by atoms with Gasteiger partial charge in [-0.15, -0.1) is 0 Å². The summed E-state index contributed by atoms with van der Waals surface area (Å²) in [6.07, 6.45) is 2.54. The van der Waals surface area contributed by atoms with Crippen LogP contribution in [0.15, 0.2) is 51.8 Å². The summed E-state index contributed by atoms with van der Waals surface area (Å²) < 4.78 is 11.8. The van der Waals surface area contributed by atoms with Crippen LogP contribution in [0, 0.1) is 0 Å². The van der Waals surface area contributed by atoms with Gasteiger partial charge in [-0.2, -0.15) is 0 Å². The monoisotopic (exact) mass is 559 g/mol. The third-order valence-corrected chi connectivity index (χ3v) is 6.95. The number of hydrogen-bond donors (Lipinski definition) is 1. The second-order valence-corrected chi connectivity index (χ2v) is 9.82. The topological polar surface area (TPSA) is 88.2 Å². The highest BCUT2D eigenvalue weighted by Gasteiger charge is 2.36. The minimum absolute atomic E-state index is 0.269. The third-order valence-electron chi connectivity index (χ3n) is 5.42. The molecule has 10 heteroatoms. The lowest BCUT2D eigenvalue weighted by molar-refractivity contribution is -0.127. The molecule has 0 aliphatic carbocycles. The Bertz CT molecular complexity index is 1150. The number of nitrogens with one attached hydrogen (secondary N) is 1. The van der Waals surface area contributed by atoms with Gasteiger partial charge in [0.05, 0.1) is 40.6 Å². The van der Waals surface area contributed by atoms with Crippen molar-refractivity contribution in [2.24, 2.45) is 0 Å². The number of carbonyl (C=O) groups is 3. The zero-order chi connectivity index (χ0) is 24.8. The fraction of sp³-hybridized carbons (Fsp3) is 0.320. The van der Waals surface area contributed by atoms with Crippen molar-refractivity contribution in [1.29, 1.82) is 0 Å². The molecule has 0 radical (unpaired) electrons. The van der Waals surface area contributed by atoms with Gasteiger partial charge < -0.3 is 19.7 Å². The smallest absolute Gasteiger partial charge is 0.294 e. The Morgan fingerprint density at radius 2 is 1.97 bits per heavy atom. The van der Waals surface area contributed by atoms with Gasteiger partial charge in [0, 0.05) is 13.1 Å². The van der Waals surface area contributed by atoms with Gasteiger partial charge in [-0.25, -0.2) is 0 Å². The Balaban J connectivity index is 1.42. The maximum absolute atomic E-state index is 12.9. The molecule has 2 aliphatic rings. The van der Waals surface area contributed by atoms with Crippen LogP contribution in [-0.2, 0) is 14.3 Å². The largest absolute Gasteiger partial charge is 0.492 e. The van der Waals surface area contributed by atoms with Gasteiger partial charge in [-0.05, 0) is 70.0 Å². The minimum Gasteiger partial charge on any atom is -0.492 e. The summed E-state index contributed by atoms with van der Waals surface area (Å²) in [5, 5.41) is 2.38. The SMILES string of the molecule is CCCOc1ccc(/C=C2\SC(=O)N(CC(=O)Nc3ccccc3N3CCOCC3)C2=O)cc1Br. The molecule has 3 amide bonds. The number of anilines is 2. The Labute approximate surface area is 216 Å². The van der Waals surface area contributed by atoms with E-state index in [1.54, 1.807) is 6.08 Å². The molecule has 35 heavy (non-hydrogen) atoms. The number of benzene rings is 2. The first-order valence-electron chi connectivity index (χ1n) is 11.4. The summed E-state index contributed by atoms with van der Waals surface area (Å²) >= 11 is 4.30. The van der Waals surface area contributed by atoms with Gasteiger partial charge in [-0.3, -0.25) is 19.3 Å². The summed E-state index contributed by atoms with van der Waals surface area (Å²) in [5.41, 5.74) is 2.27. The van der Waals surface area contributed by atoms with Gasteiger partial charge >= 0.3 is 0 Å². The standard InChI is InChI=1S/C25H26BrN3O5S/c1-2-11-34-21-8-7-17(14-18(21)26)15-22-24(31)29(25(32)35-22)16-23(30)27-19-5-3-4-6-20(19)28-9-12-33-13-10-28/h3-8,14-15H,2,9-13,16H2,1H3,(H,27,30)/b22-15-. The van der Waals surface area contributed by atoms with Crippen LogP contribution in [-0.4, -0.2) is 61.4 Å². The van der Waals surface area contributed by atoms with Gasteiger partial charge in [0.15, 0.2) is 0 Å². The van der Waals surface area contributed by atoms with Crippen LogP contribution in [0.2, 0.25) is 0 Å². The Hall–Kier alpha value is -2.82. The predicted molar refractivity (Wildman–Crippen MR) is 141 cm³/mol. The van der Waals surface area contributed by atoms with E-state index < -0.39 is 17.1 Å². The summed E-state index contributed by atoms with van der Waals surface area (Å²) in [4.78, 5) is 41.6. The van der Waals surface area contributed by atoms with Crippen molar-refractivity contribution < 1.29 is 23.9 Å².